The van der Waals surface area contributed by atoms with Crippen molar-refractivity contribution >= 4 is 10.0 Å². The average Bonchev–Trinajstić information content (AvgIpc) is 2.66. The molecule has 3 aliphatic heterocycles. The van der Waals surface area contributed by atoms with Crippen LogP contribution in [0, 0.1) is 18.8 Å². The topological polar surface area (TPSA) is 66.8 Å². The minimum absolute atomic E-state index is 0.244. The molecular weight excluding hydrogens is 362 g/mol. The number of fused-ring (bicyclic) bond motifs is 3. The van der Waals surface area contributed by atoms with Gasteiger partial charge >= 0.3 is 0 Å². The zero-order valence-corrected chi connectivity index (χ0v) is 16.6. The molecule has 3 saturated heterocycles. The van der Waals surface area contributed by atoms with E-state index in [1.54, 1.807) is 31.2 Å². The van der Waals surface area contributed by atoms with Crippen molar-refractivity contribution in [3.05, 3.63) is 65.7 Å². The van der Waals surface area contributed by atoms with Gasteiger partial charge in [0.05, 0.1) is 23.6 Å². The summed E-state index contributed by atoms with van der Waals surface area (Å²) in [6.45, 7) is 5.89. The molecule has 3 fully saturated rings. The molecule has 1 N–H and O–H groups in total. The highest BCUT2D eigenvalue weighted by molar-refractivity contribution is 7.89. The van der Waals surface area contributed by atoms with E-state index >= 15 is 0 Å². The number of aliphatic hydroxyl groups excluding tert-OH is 1. The van der Waals surface area contributed by atoms with Gasteiger partial charge in [-0.15, -0.1) is 0 Å². The Balaban J connectivity index is 1.90. The quantitative estimate of drug-likeness (QED) is 0.879. The predicted molar refractivity (Wildman–Crippen MR) is 102 cm³/mol. The highest BCUT2D eigenvalue weighted by Crippen LogP contribution is 2.54. The van der Waals surface area contributed by atoms with Gasteiger partial charge in [-0.05, 0) is 31.5 Å². The van der Waals surface area contributed by atoms with Gasteiger partial charge in [-0.25, -0.2) is 8.42 Å². The molecular formula is C21H25NO4S. The molecule has 2 bridgehead atoms. The molecule has 3 aliphatic rings. The van der Waals surface area contributed by atoms with Crippen molar-refractivity contribution in [3.63, 3.8) is 0 Å². The largest absolute Gasteiger partial charge is 0.392 e. The standard InChI is InChI=1S/C21H25NO4S/c1-14-9-11-17(12-10-14)27(24,25)22-19(16-7-5-4-6-8-16)18-13-26-21(22,3)15(2)20(18)23/h4-12,15,18-20,23H,13H2,1-3H3/t15-,18+,19+,20+,21+/m1/s1. The van der Waals surface area contributed by atoms with Crippen LogP contribution in [0.4, 0.5) is 0 Å². The number of rotatable bonds is 3. The first kappa shape index (κ1) is 18.6. The Morgan fingerprint density at radius 2 is 1.74 bits per heavy atom. The van der Waals surface area contributed by atoms with E-state index in [0.29, 0.717) is 6.61 Å². The Morgan fingerprint density at radius 1 is 1.11 bits per heavy atom. The summed E-state index contributed by atoms with van der Waals surface area (Å²) < 4.78 is 34.9. The number of aryl methyl sites for hydroxylation is 1. The molecule has 0 aromatic heterocycles. The minimum Gasteiger partial charge on any atom is -0.392 e. The van der Waals surface area contributed by atoms with E-state index in [2.05, 4.69) is 0 Å². The minimum atomic E-state index is -3.82. The average molecular weight is 388 g/mol. The Bertz CT molecular complexity index is 928. The van der Waals surface area contributed by atoms with Crippen molar-refractivity contribution in [2.75, 3.05) is 6.61 Å². The lowest BCUT2D eigenvalue weighted by Crippen LogP contribution is -2.71. The van der Waals surface area contributed by atoms with Crippen LogP contribution in [0.15, 0.2) is 59.5 Å². The number of hydrogen-bond acceptors (Lipinski definition) is 4. The van der Waals surface area contributed by atoms with Crippen LogP contribution < -0.4 is 0 Å². The Kier molecular flexibility index (Phi) is 4.42. The fraction of sp³-hybridized carbons (Fsp3) is 0.429. The number of benzene rings is 2. The third kappa shape index (κ3) is 2.74. The van der Waals surface area contributed by atoms with E-state index < -0.39 is 27.9 Å². The van der Waals surface area contributed by atoms with Gasteiger partial charge in [0.1, 0.15) is 5.72 Å². The van der Waals surface area contributed by atoms with E-state index in [-0.39, 0.29) is 16.7 Å². The molecule has 5 atom stereocenters. The fourth-order valence-corrected chi connectivity index (χ4v) is 6.40. The number of piperidine rings is 1. The maximum atomic E-state index is 13.7. The summed E-state index contributed by atoms with van der Waals surface area (Å²) in [5.74, 6) is -0.652. The van der Waals surface area contributed by atoms with Crippen LogP contribution in [0.1, 0.15) is 31.0 Å². The van der Waals surface area contributed by atoms with Crippen LogP contribution in [-0.4, -0.2) is 36.3 Å². The van der Waals surface area contributed by atoms with Gasteiger partial charge in [0.2, 0.25) is 10.0 Å². The molecule has 0 radical (unpaired) electrons. The van der Waals surface area contributed by atoms with Gasteiger partial charge in [-0.2, -0.15) is 4.31 Å². The van der Waals surface area contributed by atoms with Crippen molar-refractivity contribution in [2.24, 2.45) is 11.8 Å². The van der Waals surface area contributed by atoms with Crippen LogP contribution in [0.25, 0.3) is 0 Å². The van der Waals surface area contributed by atoms with Crippen LogP contribution in [-0.2, 0) is 14.8 Å². The number of ether oxygens (including phenoxy) is 1. The highest BCUT2D eigenvalue weighted by Gasteiger charge is 2.63. The van der Waals surface area contributed by atoms with Gasteiger partial charge in [0, 0.05) is 11.8 Å². The lowest BCUT2D eigenvalue weighted by molar-refractivity contribution is -0.286. The molecule has 5 nitrogen and oxygen atoms in total. The molecule has 5 rings (SSSR count). The molecule has 6 heteroatoms. The second-order valence-corrected chi connectivity index (χ2v) is 9.59. The monoisotopic (exact) mass is 387 g/mol. The Labute approximate surface area is 160 Å². The molecule has 0 unspecified atom stereocenters. The number of nitrogens with zero attached hydrogens (tertiary/aromatic N) is 1. The lowest BCUT2D eigenvalue weighted by atomic mass is 9.72. The summed E-state index contributed by atoms with van der Waals surface area (Å²) in [7, 11) is -3.82. The van der Waals surface area contributed by atoms with Gasteiger partial charge in [0.25, 0.3) is 0 Å². The maximum absolute atomic E-state index is 13.7. The first-order chi connectivity index (χ1) is 12.8. The summed E-state index contributed by atoms with van der Waals surface area (Å²) >= 11 is 0. The molecule has 144 valence electrons. The predicted octanol–water partition coefficient (Wildman–Crippen LogP) is 3.10. The van der Waals surface area contributed by atoms with E-state index in [1.807, 2.05) is 44.2 Å². The van der Waals surface area contributed by atoms with Crippen molar-refractivity contribution < 1.29 is 18.3 Å². The maximum Gasteiger partial charge on any atom is 0.246 e. The fourth-order valence-electron chi connectivity index (χ4n) is 4.42. The molecule has 2 aromatic carbocycles. The zero-order chi connectivity index (χ0) is 19.4. The Hall–Kier alpha value is -1.73. The van der Waals surface area contributed by atoms with E-state index in [9.17, 15) is 13.5 Å². The van der Waals surface area contributed by atoms with Crippen molar-refractivity contribution in [1.82, 2.24) is 4.31 Å². The zero-order valence-electron chi connectivity index (χ0n) is 15.7. The molecule has 27 heavy (non-hydrogen) atoms. The molecule has 0 amide bonds. The lowest BCUT2D eigenvalue weighted by Gasteiger charge is -2.60. The van der Waals surface area contributed by atoms with Gasteiger partial charge in [-0.1, -0.05) is 55.0 Å². The van der Waals surface area contributed by atoms with Crippen LogP contribution in [0.3, 0.4) is 0 Å². The van der Waals surface area contributed by atoms with Crippen LogP contribution >= 0.6 is 0 Å². The first-order valence-electron chi connectivity index (χ1n) is 9.25. The van der Waals surface area contributed by atoms with Crippen molar-refractivity contribution in [1.29, 1.82) is 0 Å². The van der Waals surface area contributed by atoms with Crippen molar-refractivity contribution in [3.8, 4) is 0 Å². The molecule has 0 aliphatic carbocycles. The number of hydrogen-bond donors (Lipinski definition) is 1. The summed E-state index contributed by atoms with van der Waals surface area (Å²) in [5, 5.41) is 10.9. The van der Waals surface area contributed by atoms with Crippen molar-refractivity contribution in [2.45, 2.75) is 43.5 Å². The SMILES string of the molecule is Cc1ccc(S(=O)(=O)N2[C@@H](c3ccccc3)[C@@H]3CO[C@@]2(C)[C@H](C)[C@@H]3O)cc1. The number of aliphatic hydroxyl groups is 1. The third-order valence-corrected chi connectivity index (χ3v) is 8.15. The summed E-state index contributed by atoms with van der Waals surface area (Å²) in [6.07, 6.45) is -0.626. The first-order valence-corrected chi connectivity index (χ1v) is 10.7. The van der Waals surface area contributed by atoms with E-state index in [0.717, 1.165) is 11.1 Å². The molecule has 0 saturated carbocycles. The molecule has 0 spiro atoms. The molecule has 2 aromatic rings. The van der Waals surface area contributed by atoms with Crippen LogP contribution in [0.5, 0.6) is 0 Å². The summed E-state index contributed by atoms with van der Waals surface area (Å²) in [5.41, 5.74) is 0.761. The highest BCUT2D eigenvalue weighted by atomic mass is 32.2. The number of sulfonamides is 1. The normalized spacial score (nSPS) is 33.9. The molecule has 3 heterocycles. The van der Waals surface area contributed by atoms with Gasteiger partial charge < -0.3 is 9.84 Å². The second-order valence-electron chi connectivity index (χ2n) is 7.78. The van der Waals surface area contributed by atoms with E-state index in [1.165, 1.54) is 4.31 Å². The van der Waals surface area contributed by atoms with E-state index in [4.69, 9.17) is 4.74 Å². The third-order valence-electron chi connectivity index (χ3n) is 6.18. The van der Waals surface area contributed by atoms with Gasteiger partial charge in [-0.3, -0.25) is 0 Å². The van der Waals surface area contributed by atoms with Gasteiger partial charge in [0.15, 0.2) is 0 Å². The second kappa shape index (κ2) is 6.41. The van der Waals surface area contributed by atoms with Crippen LogP contribution in [0.2, 0.25) is 0 Å². The smallest absolute Gasteiger partial charge is 0.246 e. The summed E-state index contributed by atoms with van der Waals surface area (Å²) in [6, 6.07) is 15.9. The summed E-state index contributed by atoms with van der Waals surface area (Å²) in [4.78, 5) is 0.244. The Morgan fingerprint density at radius 3 is 2.37 bits per heavy atom.